The van der Waals surface area contributed by atoms with Crippen molar-refractivity contribution < 1.29 is 23.8 Å². The summed E-state index contributed by atoms with van der Waals surface area (Å²) in [6.45, 7) is 4.85. The lowest BCUT2D eigenvalue weighted by Gasteiger charge is -2.15. The molecule has 4 aliphatic heterocycles. The number of ether oxygens (including phenoxy) is 3. The Bertz CT molecular complexity index is 579. The minimum Gasteiger partial charge on any atom is -0.383 e. The number of Topliss-reactive ketones (excluding diaryl/α,β-unsaturated/α-hetero) is 2. The molecule has 0 unspecified atom stereocenters. The fourth-order valence-corrected chi connectivity index (χ4v) is 2.83. The Hall–Kier alpha value is -1.83. The van der Waals surface area contributed by atoms with Crippen LogP contribution in [0.1, 0.15) is 25.7 Å². The summed E-state index contributed by atoms with van der Waals surface area (Å²) in [6, 6.07) is 0. The largest absolute Gasteiger partial charge is 0.383 e. The smallest absolute Gasteiger partial charge is 0.164 e. The summed E-state index contributed by atoms with van der Waals surface area (Å²) in [5.74, 6) is 0.552. The normalized spacial score (nSPS) is 23.3. The molecule has 0 bridgehead atoms. The number of nitrogens with zero attached hydrogens (tertiary/aromatic N) is 2. The lowest BCUT2D eigenvalue weighted by atomic mass is 10.1. The van der Waals surface area contributed by atoms with Gasteiger partial charge in [-0.1, -0.05) is 6.08 Å². The van der Waals surface area contributed by atoms with Crippen molar-refractivity contribution in [1.82, 2.24) is 4.90 Å². The molecule has 0 N–H and O–H groups in total. The highest BCUT2D eigenvalue weighted by Crippen LogP contribution is 2.14. The molecule has 7 nitrogen and oxygen atoms in total. The van der Waals surface area contributed by atoms with E-state index in [1.807, 2.05) is 25.2 Å². The average molecular weight is 378 g/mol. The number of hydrogen-bond donors (Lipinski definition) is 0. The maximum Gasteiger partial charge on any atom is 0.164 e. The Morgan fingerprint density at radius 1 is 0.926 bits per heavy atom. The number of carbonyl (C=O) groups is 2. The average Bonchev–Trinajstić information content (AvgIpc) is 3.14. The summed E-state index contributed by atoms with van der Waals surface area (Å²) in [4.78, 5) is 27.7. The fourth-order valence-electron chi connectivity index (χ4n) is 2.83. The molecule has 4 aliphatic rings. The zero-order valence-corrected chi connectivity index (χ0v) is 16.4. The van der Waals surface area contributed by atoms with Crippen LogP contribution in [0.5, 0.6) is 0 Å². The second-order valence-corrected chi connectivity index (χ2v) is 6.81. The van der Waals surface area contributed by atoms with Gasteiger partial charge in [-0.2, -0.15) is 0 Å². The van der Waals surface area contributed by atoms with Gasteiger partial charge in [-0.15, -0.1) is 0 Å². The summed E-state index contributed by atoms with van der Waals surface area (Å²) >= 11 is 0. The van der Waals surface area contributed by atoms with Gasteiger partial charge in [-0.3, -0.25) is 14.6 Å². The van der Waals surface area contributed by atoms with Crippen LogP contribution in [0.15, 0.2) is 28.4 Å². The molecule has 0 atom stereocenters. The fraction of sp³-hybridized carbons (Fsp3) is 0.650. The molecular weight excluding hydrogens is 348 g/mol. The highest BCUT2D eigenvalue weighted by molar-refractivity contribution is 6.02. The Morgan fingerprint density at radius 2 is 1.59 bits per heavy atom. The van der Waals surface area contributed by atoms with Crippen LogP contribution in [-0.2, 0) is 23.8 Å². The van der Waals surface area contributed by atoms with Crippen LogP contribution in [0.25, 0.3) is 0 Å². The minimum atomic E-state index is 0.213. The molecule has 4 rings (SSSR count). The van der Waals surface area contributed by atoms with Gasteiger partial charge in [0, 0.05) is 57.3 Å². The third-order valence-electron chi connectivity index (χ3n) is 4.28. The molecule has 3 saturated heterocycles. The summed E-state index contributed by atoms with van der Waals surface area (Å²) in [7, 11) is 3.80. The van der Waals surface area contributed by atoms with Crippen LogP contribution >= 0.6 is 0 Å². The summed E-state index contributed by atoms with van der Waals surface area (Å²) in [5, 5.41) is 0. The van der Waals surface area contributed by atoms with Crippen LogP contribution in [0, 0.1) is 0 Å². The Morgan fingerprint density at radius 3 is 2.19 bits per heavy atom. The molecule has 0 amide bonds. The molecule has 0 radical (unpaired) electrons. The van der Waals surface area contributed by atoms with E-state index < -0.39 is 0 Å². The highest BCUT2D eigenvalue weighted by atomic mass is 16.5. The van der Waals surface area contributed by atoms with Gasteiger partial charge < -0.3 is 19.1 Å². The SMILES string of the molecule is C1=C2COCCC2=NC1.CN(C)/C=C1/COCCC1=O.O=C1CCOCC1. The Kier molecular flexibility index (Phi) is 9.38. The van der Waals surface area contributed by atoms with Crippen molar-refractivity contribution in [3.8, 4) is 0 Å². The number of aliphatic imine (C=N–C) groups is 1. The van der Waals surface area contributed by atoms with Gasteiger partial charge >= 0.3 is 0 Å². The first-order chi connectivity index (χ1) is 13.1. The zero-order valence-electron chi connectivity index (χ0n) is 16.4. The number of rotatable bonds is 1. The molecule has 150 valence electrons. The Balaban J connectivity index is 0.000000149. The van der Waals surface area contributed by atoms with Crippen molar-refractivity contribution >= 4 is 17.3 Å². The molecule has 0 aliphatic carbocycles. The molecule has 7 heteroatoms. The van der Waals surface area contributed by atoms with Gasteiger partial charge in [0.05, 0.1) is 46.2 Å². The van der Waals surface area contributed by atoms with Crippen LogP contribution in [0.2, 0.25) is 0 Å². The van der Waals surface area contributed by atoms with Gasteiger partial charge in [0.15, 0.2) is 5.78 Å². The summed E-state index contributed by atoms with van der Waals surface area (Å²) in [6.07, 6.45) is 6.77. The lowest BCUT2D eigenvalue weighted by Crippen LogP contribution is -2.20. The van der Waals surface area contributed by atoms with E-state index >= 15 is 0 Å². The molecule has 3 fully saturated rings. The van der Waals surface area contributed by atoms with Gasteiger partial charge in [0.25, 0.3) is 0 Å². The number of carbonyl (C=O) groups excluding carboxylic acids is 2. The van der Waals surface area contributed by atoms with E-state index in [9.17, 15) is 9.59 Å². The first kappa shape index (κ1) is 21.5. The van der Waals surface area contributed by atoms with Gasteiger partial charge in [0.2, 0.25) is 0 Å². The molecule has 4 heterocycles. The van der Waals surface area contributed by atoms with Crippen molar-refractivity contribution in [3.63, 3.8) is 0 Å². The van der Waals surface area contributed by atoms with Crippen molar-refractivity contribution in [1.29, 1.82) is 0 Å². The second kappa shape index (κ2) is 11.8. The number of ketones is 2. The van der Waals surface area contributed by atoms with Gasteiger partial charge in [-0.25, -0.2) is 0 Å². The lowest BCUT2D eigenvalue weighted by molar-refractivity contribution is -0.124. The van der Waals surface area contributed by atoms with Crippen molar-refractivity contribution in [3.05, 3.63) is 23.4 Å². The van der Waals surface area contributed by atoms with Crippen molar-refractivity contribution in [2.45, 2.75) is 25.7 Å². The molecule has 27 heavy (non-hydrogen) atoms. The minimum absolute atomic E-state index is 0.213. The summed E-state index contributed by atoms with van der Waals surface area (Å²) in [5.41, 5.74) is 3.38. The van der Waals surface area contributed by atoms with Crippen LogP contribution in [0.4, 0.5) is 0 Å². The van der Waals surface area contributed by atoms with Crippen molar-refractivity contribution in [2.75, 3.05) is 60.3 Å². The van der Waals surface area contributed by atoms with Gasteiger partial charge in [0.1, 0.15) is 5.78 Å². The molecule has 0 aromatic rings. The van der Waals surface area contributed by atoms with E-state index in [-0.39, 0.29) is 5.78 Å². The van der Waals surface area contributed by atoms with E-state index in [1.54, 1.807) is 0 Å². The van der Waals surface area contributed by atoms with E-state index in [0.29, 0.717) is 51.5 Å². The van der Waals surface area contributed by atoms with E-state index in [1.165, 1.54) is 11.3 Å². The van der Waals surface area contributed by atoms with E-state index in [0.717, 1.165) is 31.8 Å². The molecule has 0 aromatic heterocycles. The van der Waals surface area contributed by atoms with E-state index in [2.05, 4.69) is 11.1 Å². The van der Waals surface area contributed by atoms with Crippen LogP contribution < -0.4 is 0 Å². The standard InChI is InChI=1S/C8H13NO2.C7H9NO.C5H8O2/c1-9(2)5-7-6-11-4-3-8(7)10;1-3-8-7-2-4-9-5-6(1)7;6-5-1-3-7-4-2-5/h5H,3-4,6H2,1-2H3;1H,2-5H2;1-4H2/b7-5-;;. The summed E-state index contributed by atoms with van der Waals surface area (Å²) < 4.78 is 15.3. The second-order valence-electron chi connectivity index (χ2n) is 6.81. The monoisotopic (exact) mass is 378 g/mol. The van der Waals surface area contributed by atoms with E-state index in [4.69, 9.17) is 14.2 Å². The predicted molar refractivity (Wildman–Crippen MR) is 103 cm³/mol. The molecule has 0 aromatic carbocycles. The Labute approximate surface area is 161 Å². The predicted octanol–water partition coefficient (Wildman–Crippen LogP) is 1.57. The quantitative estimate of drug-likeness (QED) is 0.645. The molecule has 0 saturated carbocycles. The maximum absolute atomic E-state index is 11.2. The first-order valence-electron chi connectivity index (χ1n) is 9.44. The molecule has 0 spiro atoms. The van der Waals surface area contributed by atoms with Crippen LogP contribution in [0.3, 0.4) is 0 Å². The topological polar surface area (TPSA) is 77.4 Å². The number of hydrogen-bond acceptors (Lipinski definition) is 7. The first-order valence-corrected chi connectivity index (χ1v) is 9.44. The zero-order chi connectivity index (χ0) is 19.5. The van der Waals surface area contributed by atoms with Crippen molar-refractivity contribution in [2.24, 2.45) is 4.99 Å². The maximum atomic E-state index is 11.2. The number of fused-ring (bicyclic) bond motifs is 1. The third-order valence-corrected chi connectivity index (χ3v) is 4.28. The van der Waals surface area contributed by atoms with Gasteiger partial charge in [-0.05, 0) is 5.57 Å². The third kappa shape index (κ3) is 8.15. The van der Waals surface area contributed by atoms with Crippen LogP contribution in [-0.4, -0.2) is 82.5 Å². The molecular formula is C20H30N2O5. The highest BCUT2D eigenvalue weighted by Gasteiger charge is 2.16.